The van der Waals surface area contributed by atoms with Gasteiger partial charge >= 0.3 is 5.97 Å². The van der Waals surface area contributed by atoms with Crippen molar-refractivity contribution in [1.29, 1.82) is 0 Å². The van der Waals surface area contributed by atoms with Crippen LogP contribution in [0.4, 0.5) is 4.39 Å². The molecule has 1 aliphatic heterocycles. The lowest BCUT2D eigenvalue weighted by Crippen LogP contribution is -2.48. The van der Waals surface area contributed by atoms with Gasteiger partial charge in [-0.25, -0.2) is 4.39 Å². The molecule has 0 spiro atoms. The van der Waals surface area contributed by atoms with E-state index >= 15 is 0 Å². The van der Waals surface area contributed by atoms with Crippen LogP contribution >= 0.6 is 0 Å². The topological polar surface area (TPSA) is 55.6 Å². The van der Waals surface area contributed by atoms with Gasteiger partial charge in [0.15, 0.2) is 0 Å². The number of halogens is 1. The van der Waals surface area contributed by atoms with Gasteiger partial charge in [-0.15, -0.1) is 0 Å². The van der Waals surface area contributed by atoms with E-state index in [1.54, 1.807) is 19.1 Å². The molecule has 1 aromatic carbocycles. The number of ether oxygens (including phenoxy) is 1. The number of esters is 1. The van der Waals surface area contributed by atoms with Crippen LogP contribution in [0.2, 0.25) is 0 Å². The fourth-order valence-electron chi connectivity index (χ4n) is 2.73. The van der Waals surface area contributed by atoms with Crippen LogP contribution in [-0.4, -0.2) is 43.2 Å². The number of rotatable bonds is 4. The van der Waals surface area contributed by atoms with E-state index < -0.39 is 0 Å². The van der Waals surface area contributed by atoms with Crippen molar-refractivity contribution in [2.45, 2.75) is 25.3 Å². The minimum absolute atomic E-state index is 0.0215. The lowest BCUT2D eigenvalue weighted by atomic mass is 9.88. The molecule has 2 N–H and O–H groups in total. The van der Waals surface area contributed by atoms with E-state index in [4.69, 9.17) is 10.5 Å². The molecule has 110 valence electrons. The zero-order chi connectivity index (χ0) is 14.5. The molecule has 2 unspecified atom stereocenters. The molecule has 20 heavy (non-hydrogen) atoms. The van der Waals surface area contributed by atoms with Gasteiger partial charge < -0.3 is 10.5 Å². The van der Waals surface area contributed by atoms with Crippen molar-refractivity contribution in [3.05, 3.63) is 35.6 Å². The van der Waals surface area contributed by atoms with Crippen LogP contribution in [0.25, 0.3) is 0 Å². The predicted molar refractivity (Wildman–Crippen MR) is 74.8 cm³/mol. The van der Waals surface area contributed by atoms with Crippen molar-refractivity contribution >= 4 is 5.97 Å². The first kappa shape index (κ1) is 14.9. The molecule has 1 saturated heterocycles. The summed E-state index contributed by atoms with van der Waals surface area (Å²) in [5.74, 6) is -0.231. The SMILES string of the molecule is CCOC(=O)CN1CC(N)CC(c2ccc(F)cc2)C1. The quantitative estimate of drug-likeness (QED) is 0.849. The highest BCUT2D eigenvalue weighted by molar-refractivity contribution is 5.71. The molecule has 1 aliphatic rings. The fraction of sp³-hybridized carbons (Fsp3) is 0.533. The minimum atomic E-state index is -0.239. The number of carbonyl (C=O) groups excluding carboxylic acids is 1. The van der Waals surface area contributed by atoms with Crippen LogP contribution in [0, 0.1) is 5.82 Å². The van der Waals surface area contributed by atoms with E-state index in [1.807, 2.05) is 4.90 Å². The number of carbonyl (C=O) groups is 1. The van der Waals surface area contributed by atoms with Gasteiger partial charge in [-0.1, -0.05) is 12.1 Å². The number of hydrogen-bond donors (Lipinski definition) is 1. The molecule has 5 heteroatoms. The maximum atomic E-state index is 13.0. The van der Waals surface area contributed by atoms with Crippen molar-refractivity contribution in [3.63, 3.8) is 0 Å². The van der Waals surface area contributed by atoms with Crippen molar-refractivity contribution in [2.24, 2.45) is 5.73 Å². The smallest absolute Gasteiger partial charge is 0.320 e. The Balaban J connectivity index is 2.00. The highest BCUT2D eigenvalue weighted by Gasteiger charge is 2.27. The largest absolute Gasteiger partial charge is 0.465 e. The lowest BCUT2D eigenvalue weighted by Gasteiger charge is -2.35. The first-order chi connectivity index (χ1) is 9.58. The number of hydrogen-bond acceptors (Lipinski definition) is 4. The standard InChI is InChI=1S/C15H21FN2O2/c1-2-20-15(19)10-18-8-12(7-14(17)9-18)11-3-5-13(16)6-4-11/h3-6,12,14H,2,7-10,17H2,1H3. The second-order valence-corrected chi connectivity index (χ2v) is 5.24. The third-order valence-electron chi connectivity index (χ3n) is 3.56. The Bertz CT molecular complexity index is 450. The summed E-state index contributed by atoms with van der Waals surface area (Å²) in [5.41, 5.74) is 7.13. The number of piperidine rings is 1. The number of benzene rings is 1. The van der Waals surface area contributed by atoms with Crippen LogP contribution in [-0.2, 0) is 9.53 Å². The summed E-state index contributed by atoms with van der Waals surface area (Å²) in [6.45, 7) is 3.88. The summed E-state index contributed by atoms with van der Waals surface area (Å²) in [6, 6.07) is 6.53. The Morgan fingerprint density at radius 2 is 2.10 bits per heavy atom. The molecule has 0 bridgehead atoms. The first-order valence-electron chi connectivity index (χ1n) is 6.97. The van der Waals surface area contributed by atoms with E-state index in [-0.39, 0.29) is 30.3 Å². The molecule has 2 atom stereocenters. The van der Waals surface area contributed by atoms with Gasteiger partial charge in [0.25, 0.3) is 0 Å². The third-order valence-corrected chi connectivity index (χ3v) is 3.56. The van der Waals surface area contributed by atoms with E-state index in [2.05, 4.69) is 0 Å². The molecule has 0 amide bonds. The van der Waals surface area contributed by atoms with Crippen LogP contribution < -0.4 is 5.73 Å². The van der Waals surface area contributed by atoms with Gasteiger partial charge in [-0.05, 0) is 37.0 Å². The maximum Gasteiger partial charge on any atom is 0.320 e. The zero-order valence-electron chi connectivity index (χ0n) is 11.7. The van der Waals surface area contributed by atoms with E-state index in [0.717, 1.165) is 18.5 Å². The summed E-state index contributed by atoms with van der Waals surface area (Å²) < 4.78 is 17.9. The molecule has 1 aromatic rings. The third kappa shape index (κ3) is 4.02. The fourth-order valence-corrected chi connectivity index (χ4v) is 2.73. The Morgan fingerprint density at radius 1 is 1.40 bits per heavy atom. The Kier molecular flexibility index (Phi) is 5.09. The molecule has 1 heterocycles. The van der Waals surface area contributed by atoms with Crippen molar-refractivity contribution in [3.8, 4) is 0 Å². The maximum absolute atomic E-state index is 13.0. The molecule has 0 saturated carbocycles. The highest BCUT2D eigenvalue weighted by atomic mass is 19.1. The predicted octanol–water partition coefficient (Wildman–Crippen LogP) is 1.51. The molecule has 0 aliphatic carbocycles. The average molecular weight is 280 g/mol. The van der Waals surface area contributed by atoms with E-state index in [9.17, 15) is 9.18 Å². The van der Waals surface area contributed by atoms with Gasteiger partial charge in [0, 0.05) is 19.1 Å². The molecule has 1 fully saturated rings. The van der Waals surface area contributed by atoms with Crippen LogP contribution in [0.15, 0.2) is 24.3 Å². The Morgan fingerprint density at radius 3 is 2.75 bits per heavy atom. The first-order valence-corrected chi connectivity index (χ1v) is 6.97. The van der Waals surface area contributed by atoms with E-state index in [0.29, 0.717) is 13.2 Å². The molecule has 4 nitrogen and oxygen atoms in total. The van der Waals surface area contributed by atoms with Gasteiger partial charge in [0.2, 0.25) is 0 Å². The normalized spacial score (nSPS) is 23.6. The molecular weight excluding hydrogens is 259 g/mol. The van der Waals surface area contributed by atoms with Crippen LogP contribution in [0.5, 0.6) is 0 Å². The molecular formula is C15H21FN2O2. The number of nitrogens with two attached hydrogens (primary N) is 1. The molecule has 2 rings (SSSR count). The Labute approximate surface area is 118 Å². The summed E-state index contributed by atoms with van der Waals surface area (Å²) in [5, 5.41) is 0. The Hall–Kier alpha value is -1.46. The zero-order valence-corrected chi connectivity index (χ0v) is 11.7. The van der Waals surface area contributed by atoms with Crippen molar-refractivity contribution < 1.29 is 13.9 Å². The molecule has 0 aromatic heterocycles. The summed E-state index contributed by atoms with van der Waals surface area (Å²) in [7, 11) is 0. The highest BCUT2D eigenvalue weighted by Crippen LogP contribution is 2.26. The second kappa shape index (κ2) is 6.81. The average Bonchev–Trinajstić information content (AvgIpc) is 2.39. The summed E-state index contributed by atoms with van der Waals surface area (Å²) in [4.78, 5) is 13.6. The lowest BCUT2D eigenvalue weighted by molar-refractivity contribution is -0.144. The van der Waals surface area contributed by atoms with Crippen LogP contribution in [0.3, 0.4) is 0 Å². The summed E-state index contributed by atoms with van der Waals surface area (Å²) in [6.07, 6.45) is 0.852. The summed E-state index contributed by atoms with van der Waals surface area (Å²) >= 11 is 0. The minimum Gasteiger partial charge on any atom is -0.465 e. The number of likely N-dealkylation sites (tertiary alicyclic amines) is 1. The molecule has 0 radical (unpaired) electrons. The number of nitrogens with zero attached hydrogens (tertiary/aromatic N) is 1. The van der Waals surface area contributed by atoms with Gasteiger partial charge in [-0.2, -0.15) is 0 Å². The van der Waals surface area contributed by atoms with E-state index in [1.165, 1.54) is 12.1 Å². The van der Waals surface area contributed by atoms with Crippen molar-refractivity contribution in [1.82, 2.24) is 4.90 Å². The van der Waals surface area contributed by atoms with Crippen molar-refractivity contribution in [2.75, 3.05) is 26.2 Å². The monoisotopic (exact) mass is 280 g/mol. The van der Waals surface area contributed by atoms with Gasteiger partial charge in [0.1, 0.15) is 5.82 Å². The van der Waals surface area contributed by atoms with Gasteiger partial charge in [-0.3, -0.25) is 9.69 Å². The van der Waals surface area contributed by atoms with Gasteiger partial charge in [0.05, 0.1) is 13.2 Å². The van der Waals surface area contributed by atoms with Crippen LogP contribution in [0.1, 0.15) is 24.8 Å². The second-order valence-electron chi connectivity index (χ2n) is 5.24.